The number of nitro groups is 1. The molecule has 0 aromatic rings. The van der Waals surface area contributed by atoms with E-state index in [0.29, 0.717) is 12.8 Å². The van der Waals surface area contributed by atoms with Gasteiger partial charge < -0.3 is 9.94 Å². The molecule has 0 saturated heterocycles. The van der Waals surface area contributed by atoms with E-state index in [9.17, 15) is 25.3 Å². The summed E-state index contributed by atoms with van der Waals surface area (Å²) in [6.45, 7) is 4.62. The Hall–Kier alpha value is -1.44. The van der Waals surface area contributed by atoms with E-state index in [1.807, 2.05) is 6.92 Å². The lowest BCUT2D eigenvalue weighted by atomic mass is 9.92. The fourth-order valence-corrected chi connectivity index (χ4v) is 1.84. The summed E-state index contributed by atoms with van der Waals surface area (Å²) in [4.78, 5) is 25.2. The predicted molar refractivity (Wildman–Crippen MR) is 67.7 cm³/mol. The minimum Gasteiger partial charge on any atom is -0.383 e. The van der Waals surface area contributed by atoms with E-state index in [-0.39, 0.29) is 6.42 Å². The van der Waals surface area contributed by atoms with Crippen LogP contribution in [-0.2, 0) is 4.84 Å². The summed E-state index contributed by atoms with van der Waals surface area (Å²) in [7, 11) is 0. The molecule has 8 heteroatoms. The maximum Gasteiger partial charge on any atom is 0.294 e. The SMILES string of the molecule is CCCCCC(CC([N+](=O)[O-])C(C)(C)O)O[N+](=O)[O-]. The lowest BCUT2D eigenvalue weighted by Gasteiger charge is -2.25. The van der Waals surface area contributed by atoms with Crippen LogP contribution in [0.15, 0.2) is 0 Å². The molecule has 1 N–H and O–H groups in total. The summed E-state index contributed by atoms with van der Waals surface area (Å²) in [5, 5.41) is 30.1. The Kier molecular flexibility index (Phi) is 7.28. The van der Waals surface area contributed by atoms with Crippen LogP contribution in [0, 0.1) is 20.2 Å². The molecule has 0 fully saturated rings. The van der Waals surface area contributed by atoms with E-state index in [0.717, 1.165) is 12.8 Å². The van der Waals surface area contributed by atoms with Gasteiger partial charge in [0.05, 0.1) is 0 Å². The quantitative estimate of drug-likeness (QED) is 0.371. The predicted octanol–water partition coefficient (Wildman–Crippen LogP) is 1.95. The molecule has 0 spiro atoms. The normalized spacial score (nSPS) is 14.7. The van der Waals surface area contributed by atoms with E-state index in [4.69, 9.17) is 0 Å². The number of unbranched alkanes of at least 4 members (excludes halogenated alkanes) is 2. The van der Waals surface area contributed by atoms with Crippen LogP contribution in [0.1, 0.15) is 52.9 Å². The first-order valence-corrected chi connectivity index (χ1v) is 6.35. The summed E-state index contributed by atoms with van der Waals surface area (Å²) < 4.78 is 0. The van der Waals surface area contributed by atoms with Crippen LogP contribution in [0.3, 0.4) is 0 Å². The largest absolute Gasteiger partial charge is 0.383 e. The summed E-state index contributed by atoms with van der Waals surface area (Å²) >= 11 is 0. The Morgan fingerprint density at radius 3 is 2.21 bits per heavy atom. The number of rotatable bonds is 10. The Balaban J connectivity index is 4.65. The van der Waals surface area contributed by atoms with Crippen molar-refractivity contribution in [2.24, 2.45) is 0 Å². The molecule has 0 aromatic heterocycles. The molecule has 0 aliphatic heterocycles. The molecule has 0 saturated carbocycles. The van der Waals surface area contributed by atoms with Crippen molar-refractivity contribution in [3.63, 3.8) is 0 Å². The highest BCUT2D eigenvalue weighted by Gasteiger charge is 2.39. The maximum atomic E-state index is 10.9. The van der Waals surface area contributed by atoms with Crippen LogP contribution in [0.25, 0.3) is 0 Å². The molecule has 0 aromatic carbocycles. The van der Waals surface area contributed by atoms with Gasteiger partial charge in [-0.05, 0) is 20.3 Å². The van der Waals surface area contributed by atoms with Crippen LogP contribution < -0.4 is 0 Å². The number of nitrogens with zero attached hydrogens (tertiary/aromatic N) is 2. The average Bonchev–Trinajstić information content (AvgIpc) is 2.22. The van der Waals surface area contributed by atoms with Crippen LogP contribution in [0.2, 0.25) is 0 Å². The van der Waals surface area contributed by atoms with Crippen LogP contribution in [0.4, 0.5) is 0 Å². The van der Waals surface area contributed by atoms with Crippen LogP contribution in [0.5, 0.6) is 0 Å². The third-order valence-corrected chi connectivity index (χ3v) is 2.92. The van der Waals surface area contributed by atoms with Gasteiger partial charge >= 0.3 is 0 Å². The van der Waals surface area contributed by atoms with Gasteiger partial charge in [-0.25, -0.2) is 0 Å². The molecule has 0 radical (unpaired) electrons. The van der Waals surface area contributed by atoms with Crippen molar-refractivity contribution >= 4 is 0 Å². The van der Waals surface area contributed by atoms with Gasteiger partial charge in [-0.3, -0.25) is 10.1 Å². The fourth-order valence-electron chi connectivity index (χ4n) is 1.84. The molecule has 112 valence electrons. The first kappa shape index (κ1) is 17.6. The molecule has 0 aliphatic rings. The number of hydrogen-bond donors (Lipinski definition) is 1. The Labute approximate surface area is 112 Å². The fraction of sp³-hybridized carbons (Fsp3) is 1.00. The molecule has 19 heavy (non-hydrogen) atoms. The first-order valence-electron chi connectivity index (χ1n) is 6.35. The summed E-state index contributed by atoms with van der Waals surface area (Å²) in [6.07, 6.45) is 1.85. The molecule has 0 bridgehead atoms. The monoisotopic (exact) mass is 278 g/mol. The van der Waals surface area contributed by atoms with Gasteiger partial charge in [0.25, 0.3) is 5.09 Å². The second-order valence-corrected chi connectivity index (χ2v) is 5.14. The second kappa shape index (κ2) is 7.88. The lowest BCUT2D eigenvalue weighted by molar-refractivity contribution is -0.770. The zero-order chi connectivity index (χ0) is 15.1. The van der Waals surface area contributed by atoms with E-state index < -0.39 is 27.8 Å². The van der Waals surface area contributed by atoms with Gasteiger partial charge in [0.2, 0.25) is 6.04 Å². The molecule has 0 aliphatic carbocycles. The molecular weight excluding hydrogens is 256 g/mol. The number of aliphatic hydroxyl groups is 1. The van der Waals surface area contributed by atoms with Crippen molar-refractivity contribution in [2.75, 3.05) is 0 Å². The van der Waals surface area contributed by atoms with Crippen molar-refractivity contribution in [2.45, 2.75) is 70.6 Å². The van der Waals surface area contributed by atoms with Crippen molar-refractivity contribution in [3.05, 3.63) is 20.2 Å². The minimum absolute atomic E-state index is 0.179. The third kappa shape index (κ3) is 7.55. The van der Waals surface area contributed by atoms with Gasteiger partial charge in [0.15, 0.2) is 0 Å². The van der Waals surface area contributed by atoms with Crippen LogP contribution >= 0.6 is 0 Å². The topological polar surface area (TPSA) is 116 Å². The van der Waals surface area contributed by atoms with Gasteiger partial charge in [0, 0.05) is 11.3 Å². The van der Waals surface area contributed by atoms with Crippen molar-refractivity contribution in [1.82, 2.24) is 0 Å². The smallest absolute Gasteiger partial charge is 0.294 e. The Morgan fingerprint density at radius 1 is 1.26 bits per heavy atom. The molecule has 8 nitrogen and oxygen atoms in total. The van der Waals surface area contributed by atoms with Gasteiger partial charge in [0.1, 0.15) is 11.7 Å². The zero-order valence-corrected chi connectivity index (χ0v) is 11.6. The molecular formula is C11H22N2O6. The van der Waals surface area contributed by atoms with Crippen molar-refractivity contribution in [1.29, 1.82) is 0 Å². The molecule has 0 rings (SSSR count). The summed E-state index contributed by atoms with van der Waals surface area (Å²) in [5.74, 6) is 0. The minimum atomic E-state index is -1.55. The highest BCUT2D eigenvalue weighted by atomic mass is 17.0. The molecule has 0 amide bonds. The van der Waals surface area contributed by atoms with Crippen molar-refractivity contribution < 1.29 is 20.0 Å². The highest BCUT2D eigenvalue weighted by Crippen LogP contribution is 2.21. The number of hydrogen-bond acceptors (Lipinski definition) is 6. The Morgan fingerprint density at radius 2 is 1.84 bits per heavy atom. The van der Waals surface area contributed by atoms with Gasteiger partial charge in [-0.15, -0.1) is 10.1 Å². The van der Waals surface area contributed by atoms with Gasteiger partial charge in [-0.1, -0.05) is 26.2 Å². The third-order valence-electron chi connectivity index (χ3n) is 2.92. The highest BCUT2D eigenvalue weighted by molar-refractivity contribution is 4.80. The maximum absolute atomic E-state index is 10.9. The first-order chi connectivity index (χ1) is 8.68. The Bertz CT molecular complexity index is 302. The molecule has 0 heterocycles. The summed E-state index contributed by atoms with van der Waals surface area (Å²) in [5.41, 5.74) is -1.55. The standard InChI is InChI=1S/C11H22N2O6/c1-4-5-6-7-9(19-13(17)18)8-10(12(15)16)11(2,3)14/h9-10,14H,4-8H2,1-3H3. The second-order valence-electron chi connectivity index (χ2n) is 5.14. The lowest BCUT2D eigenvalue weighted by Crippen LogP contribution is -2.44. The molecule has 2 atom stereocenters. The van der Waals surface area contributed by atoms with Crippen molar-refractivity contribution in [3.8, 4) is 0 Å². The van der Waals surface area contributed by atoms with E-state index in [1.165, 1.54) is 13.8 Å². The van der Waals surface area contributed by atoms with E-state index in [1.54, 1.807) is 0 Å². The van der Waals surface area contributed by atoms with E-state index >= 15 is 0 Å². The zero-order valence-electron chi connectivity index (χ0n) is 11.6. The molecule has 2 unspecified atom stereocenters. The van der Waals surface area contributed by atoms with Crippen LogP contribution in [-0.4, -0.2) is 32.9 Å². The van der Waals surface area contributed by atoms with Gasteiger partial charge in [-0.2, -0.15) is 0 Å². The average molecular weight is 278 g/mol. The van der Waals surface area contributed by atoms with E-state index in [2.05, 4.69) is 4.84 Å². The summed E-state index contributed by atoms with van der Waals surface area (Å²) in [6, 6.07) is -1.29.